The number of anilines is 1. The van der Waals surface area contributed by atoms with Gasteiger partial charge in [0, 0.05) is 38.8 Å². The molecule has 1 aliphatic heterocycles. The molecule has 0 amide bonds. The summed E-state index contributed by atoms with van der Waals surface area (Å²) in [5.74, 6) is 0.756. The topological polar surface area (TPSA) is 65.1 Å². The fourth-order valence-corrected chi connectivity index (χ4v) is 3.79. The van der Waals surface area contributed by atoms with Crippen LogP contribution in [-0.4, -0.2) is 31.8 Å². The lowest BCUT2D eigenvalue weighted by Crippen LogP contribution is -2.38. The van der Waals surface area contributed by atoms with Crippen LogP contribution in [0.25, 0.3) is 11.2 Å². The number of hydrogen-bond donors (Lipinski definition) is 0. The Balaban J connectivity index is 1.75. The third-order valence-corrected chi connectivity index (χ3v) is 5.21. The molecule has 0 atom stereocenters. The van der Waals surface area contributed by atoms with Crippen molar-refractivity contribution in [2.24, 2.45) is 14.1 Å². The summed E-state index contributed by atoms with van der Waals surface area (Å²) >= 11 is 6.07. The van der Waals surface area contributed by atoms with Gasteiger partial charge in [-0.25, -0.2) is 4.79 Å². The van der Waals surface area contributed by atoms with Crippen molar-refractivity contribution < 1.29 is 0 Å². The van der Waals surface area contributed by atoms with Gasteiger partial charge in [-0.1, -0.05) is 23.7 Å². The highest BCUT2D eigenvalue weighted by molar-refractivity contribution is 6.30. The van der Waals surface area contributed by atoms with Crippen LogP contribution in [0.15, 0.2) is 33.9 Å². The van der Waals surface area contributed by atoms with Gasteiger partial charge in [-0.2, -0.15) is 4.98 Å². The highest BCUT2D eigenvalue weighted by Crippen LogP contribution is 2.24. The van der Waals surface area contributed by atoms with Crippen molar-refractivity contribution >= 4 is 28.7 Å². The Kier molecular flexibility index (Phi) is 4.11. The number of aromatic nitrogens is 4. The van der Waals surface area contributed by atoms with E-state index in [2.05, 4.69) is 16.0 Å². The van der Waals surface area contributed by atoms with Gasteiger partial charge in [0.2, 0.25) is 5.95 Å². The first-order chi connectivity index (χ1) is 12.5. The maximum atomic E-state index is 12.6. The molecule has 7 nitrogen and oxygen atoms in total. The van der Waals surface area contributed by atoms with Crippen molar-refractivity contribution in [3.8, 4) is 0 Å². The molecule has 0 unspecified atom stereocenters. The molecule has 0 spiro atoms. The molecule has 1 aromatic carbocycles. The average molecular weight is 374 g/mol. The van der Waals surface area contributed by atoms with Crippen molar-refractivity contribution in [2.75, 3.05) is 18.0 Å². The van der Waals surface area contributed by atoms with Crippen LogP contribution in [0.2, 0.25) is 5.02 Å². The van der Waals surface area contributed by atoms with Gasteiger partial charge in [0.15, 0.2) is 11.2 Å². The van der Waals surface area contributed by atoms with Gasteiger partial charge in [-0.3, -0.25) is 13.9 Å². The number of rotatable bonds is 3. The average Bonchev–Trinajstić information content (AvgIpc) is 3.03. The number of aryl methyl sites for hydroxylation is 2. The molecule has 0 fully saturated rings. The van der Waals surface area contributed by atoms with Crippen LogP contribution in [0.4, 0.5) is 5.95 Å². The number of hydrogen-bond acceptors (Lipinski definition) is 4. The molecular weight excluding hydrogens is 354 g/mol. The Hall–Kier alpha value is -2.54. The second-order valence-corrected chi connectivity index (χ2v) is 7.10. The van der Waals surface area contributed by atoms with Gasteiger partial charge in [0.25, 0.3) is 5.56 Å². The van der Waals surface area contributed by atoms with Crippen molar-refractivity contribution in [3.63, 3.8) is 0 Å². The fraction of sp³-hybridized carbons (Fsp3) is 0.389. The predicted octanol–water partition coefficient (Wildman–Crippen LogP) is 1.54. The lowest BCUT2D eigenvalue weighted by Gasteiger charge is -2.29. The maximum absolute atomic E-state index is 12.6. The minimum Gasteiger partial charge on any atom is -0.342 e. The molecule has 136 valence electrons. The van der Waals surface area contributed by atoms with Crippen LogP contribution in [0.5, 0.6) is 0 Å². The van der Waals surface area contributed by atoms with Crippen molar-refractivity contribution in [1.29, 1.82) is 0 Å². The Morgan fingerprint density at radius 2 is 1.96 bits per heavy atom. The van der Waals surface area contributed by atoms with E-state index in [1.165, 1.54) is 11.6 Å². The first-order valence-corrected chi connectivity index (χ1v) is 9.01. The Morgan fingerprint density at radius 1 is 1.15 bits per heavy atom. The summed E-state index contributed by atoms with van der Waals surface area (Å²) in [4.78, 5) is 31.6. The maximum Gasteiger partial charge on any atom is 0.332 e. The lowest BCUT2D eigenvalue weighted by molar-refractivity contribution is 0.563. The highest BCUT2D eigenvalue weighted by atomic mass is 35.5. The second kappa shape index (κ2) is 6.32. The summed E-state index contributed by atoms with van der Waals surface area (Å²) in [6.07, 6.45) is 1.76. The molecule has 26 heavy (non-hydrogen) atoms. The third-order valence-electron chi connectivity index (χ3n) is 4.98. The minimum atomic E-state index is -0.358. The molecule has 8 heteroatoms. The summed E-state index contributed by atoms with van der Waals surface area (Å²) in [6.45, 7) is 2.38. The fourth-order valence-electron chi connectivity index (χ4n) is 3.58. The molecule has 0 bridgehead atoms. The number of fused-ring (bicyclic) bond motifs is 3. The van der Waals surface area contributed by atoms with Gasteiger partial charge in [-0.05, 0) is 30.5 Å². The number of halogens is 1. The highest BCUT2D eigenvalue weighted by Gasteiger charge is 2.25. The second-order valence-electron chi connectivity index (χ2n) is 6.66. The Bertz CT molecular complexity index is 1110. The molecule has 4 rings (SSSR count). The van der Waals surface area contributed by atoms with Crippen LogP contribution in [0.3, 0.4) is 0 Å². The standard InChI is InChI=1S/C18H20ClN5O2/c1-21-15-14(16(25)22(2)18(21)26)24-9-4-8-23(17(24)20-15)10-7-12-5-3-6-13(19)11-12/h3,5-6,11H,4,7-10H2,1-2H3. The normalized spacial score (nSPS) is 14.0. The molecule has 0 radical (unpaired) electrons. The quantitative estimate of drug-likeness (QED) is 0.698. The van der Waals surface area contributed by atoms with Crippen LogP contribution in [-0.2, 0) is 27.1 Å². The summed E-state index contributed by atoms with van der Waals surface area (Å²) in [6, 6.07) is 7.83. The smallest absolute Gasteiger partial charge is 0.332 e. The molecule has 0 N–H and O–H groups in total. The molecule has 1 aliphatic rings. The third kappa shape index (κ3) is 2.63. The molecule has 3 heterocycles. The zero-order valence-corrected chi connectivity index (χ0v) is 15.5. The van der Waals surface area contributed by atoms with Gasteiger partial charge in [0.05, 0.1) is 0 Å². The molecular formula is C18H20ClN5O2. The zero-order valence-electron chi connectivity index (χ0n) is 14.8. The van der Waals surface area contributed by atoms with E-state index in [1.54, 1.807) is 7.05 Å². The first-order valence-electron chi connectivity index (χ1n) is 8.63. The Labute approximate surface area is 155 Å². The molecule has 2 aromatic heterocycles. The van der Waals surface area contributed by atoms with E-state index in [9.17, 15) is 9.59 Å². The molecule has 3 aromatic rings. The van der Waals surface area contributed by atoms with E-state index >= 15 is 0 Å². The van der Waals surface area contributed by atoms with Crippen molar-refractivity contribution in [2.45, 2.75) is 19.4 Å². The van der Waals surface area contributed by atoms with Crippen LogP contribution < -0.4 is 16.1 Å². The van der Waals surface area contributed by atoms with Crippen LogP contribution >= 0.6 is 11.6 Å². The minimum absolute atomic E-state index is 0.293. The van der Waals surface area contributed by atoms with Crippen LogP contribution in [0.1, 0.15) is 12.0 Å². The molecule has 0 saturated heterocycles. The van der Waals surface area contributed by atoms with E-state index < -0.39 is 0 Å². The largest absolute Gasteiger partial charge is 0.342 e. The summed E-state index contributed by atoms with van der Waals surface area (Å²) in [5, 5.41) is 0.729. The first kappa shape index (κ1) is 16.9. The van der Waals surface area contributed by atoms with Gasteiger partial charge < -0.3 is 9.47 Å². The van der Waals surface area contributed by atoms with Crippen LogP contribution in [0, 0.1) is 0 Å². The summed E-state index contributed by atoms with van der Waals surface area (Å²) in [5.41, 5.74) is 1.45. The lowest BCUT2D eigenvalue weighted by atomic mass is 10.1. The van der Waals surface area contributed by atoms with Crippen molar-refractivity contribution in [1.82, 2.24) is 18.7 Å². The summed E-state index contributed by atoms with van der Waals surface area (Å²) < 4.78 is 4.53. The van der Waals surface area contributed by atoms with Gasteiger partial charge in [-0.15, -0.1) is 0 Å². The number of benzene rings is 1. The number of imidazole rings is 1. The molecule has 0 saturated carbocycles. The van der Waals surface area contributed by atoms with E-state index in [0.29, 0.717) is 11.2 Å². The zero-order chi connectivity index (χ0) is 18.4. The van der Waals surface area contributed by atoms with E-state index in [1.807, 2.05) is 22.8 Å². The predicted molar refractivity (Wildman–Crippen MR) is 102 cm³/mol. The number of nitrogens with zero attached hydrogens (tertiary/aromatic N) is 5. The van der Waals surface area contributed by atoms with E-state index in [0.717, 1.165) is 53.6 Å². The monoisotopic (exact) mass is 373 g/mol. The molecule has 0 aliphatic carbocycles. The van der Waals surface area contributed by atoms with E-state index in [-0.39, 0.29) is 11.2 Å². The van der Waals surface area contributed by atoms with Crippen molar-refractivity contribution in [3.05, 3.63) is 55.7 Å². The van der Waals surface area contributed by atoms with Gasteiger partial charge >= 0.3 is 5.69 Å². The summed E-state index contributed by atoms with van der Waals surface area (Å²) in [7, 11) is 3.16. The Morgan fingerprint density at radius 3 is 2.73 bits per heavy atom. The van der Waals surface area contributed by atoms with E-state index in [4.69, 9.17) is 11.6 Å². The van der Waals surface area contributed by atoms with Gasteiger partial charge in [0.1, 0.15) is 0 Å². The SMILES string of the molecule is Cn1c(=O)c2c(nc3n2CCCN3CCc2cccc(Cl)c2)n(C)c1=O.